The molecular weight excluding hydrogens is 809 g/mol. The van der Waals surface area contributed by atoms with Crippen LogP contribution in [0.3, 0.4) is 0 Å². The summed E-state index contributed by atoms with van der Waals surface area (Å²) in [7, 11) is 0. The van der Waals surface area contributed by atoms with Crippen LogP contribution in [0.1, 0.15) is 66.3 Å². The van der Waals surface area contributed by atoms with Gasteiger partial charge in [0, 0.05) is 22.8 Å². The van der Waals surface area contributed by atoms with Gasteiger partial charge in [-0.25, -0.2) is 0 Å². The number of allylic oxidation sites excluding steroid dienone is 9. The lowest BCUT2D eigenvalue weighted by Crippen LogP contribution is -2.44. The first-order valence-corrected chi connectivity index (χ1v) is 24.3. The minimum atomic E-state index is -0.405. The van der Waals surface area contributed by atoms with Gasteiger partial charge in [0.1, 0.15) is 0 Å². The Labute approximate surface area is 395 Å². The zero-order valence-electron chi connectivity index (χ0n) is 37.7. The molecule has 6 aliphatic carbocycles. The molecule has 0 radical (unpaired) electrons. The molecule has 7 aromatic rings. The quantitative estimate of drug-likeness (QED) is 0.150. The summed E-state index contributed by atoms with van der Waals surface area (Å²) in [5.41, 5.74) is 23.4. The van der Waals surface area contributed by atoms with Crippen LogP contribution in [-0.4, -0.2) is 12.1 Å². The molecule has 0 N–H and O–H groups in total. The second kappa shape index (κ2) is 16.3. The molecule has 0 heterocycles. The molecule has 1 spiro atoms. The third kappa shape index (κ3) is 6.45. The summed E-state index contributed by atoms with van der Waals surface area (Å²) in [6.45, 7) is 0. The van der Waals surface area contributed by atoms with E-state index in [0.717, 1.165) is 38.5 Å². The van der Waals surface area contributed by atoms with Crippen LogP contribution in [0, 0.1) is 0 Å². The molecule has 322 valence electrons. The summed E-state index contributed by atoms with van der Waals surface area (Å²) in [6, 6.07) is 64.6. The lowest BCUT2D eigenvalue weighted by molar-refractivity contribution is 0.595. The van der Waals surface area contributed by atoms with Crippen LogP contribution >= 0.6 is 0 Å². The van der Waals surface area contributed by atoms with Crippen molar-refractivity contribution in [2.75, 3.05) is 9.80 Å². The maximum Gasteiger partial charge on any atom is 0.0726 e. The molecule has 0 amide bonds. The highest BCUT2D eigenvalue weighted by molar-refractivity contribution is 5.96. The Morgan fingerprint density at radius 2 is 1.07 bits per heavy atom. The Balaban J connectivity index is 0.896. The first kappa shape index (κ1) is 39.7. The van der Waals surface area contributed by atoms with E-state index in [1.54, 1.807) is 0 Å². The summed E-state index contributed by atoms with van der Waals surface area (Å²) in [5.74, 6) is 0. The fraction of sp³-hybridized carbons (Fsp3) is 0.138. The Hall–Kier alpha value is -7.68. The number of fused-ring (bicyclic) bond motifs is 10. The molecule has 0 saturated heterocycles. The van der Waals surface area contributed by atoms with Crippen LogP contribution in [0.2, 0.25) is 0 Å². The van der Waals surface area contributed by atoms with E-state index in [1.807, 2.05) is 0 Å². The number of benzene rings is 7. The normalized spacial score (nSPS) is 19.0. The molecule has 2 unspecified atom stereocenters. The third-order valence-electron chi connectivity index (χ3n) is 15.4. The van der Waals surface area contributed by atoms with Crippen molar-refractivity contribution >= 4 is 22.6 Å². The van der Waals surface area contributed by atoms with Crippen LogP contribution in [0.4, 0.5) is 17.1 Å². The highest BCUT2D eigenvalue weighted by Crippen LogP contribution is 2.63. The Kier molecular flexibility index (Phi) is 9.67. The predicted octanol–water partition coefficient (Wildman–Crippen LogP) is 16.3. The van der Waals surface area contributed by atoms with Gasteiger partial charge in [-0.05, 0) is 159 Å². The van der Waals surface area contributed by atoms with Crippen LogP contribution < -0.4 is 9.80 Å². The van der Waals surface area contributed by atoms with E-state index in [0.29, 0.717) is 12.1 Å². The lowest BCUT2D eigenvalue weighted by Gasteiger charge is -2.42. The lowest BCUT2D eigenvalue weighted by atomic mass is 9.70. The molecule has 0 aliphatic heterocycles. The van der Waals surface area contributed by atoms with Crippen LogP contribution in [0.15, 0.2) is 247 Å². The highest BCUT2D eigenvalue weighted by atomic mass is 15.2. The maximum absolute atomic E-state index is 2.69. The van der Waals surface area contributed by atoms with Gasteiger partial charge in [0.25, 0.3) is 0 Å². The van der Waals surface area contributed by atoms with Gasteiger partial charge in [-0.1, -0.05) is 188 Å². The Bertz CT molecular complexity index is 3230. The van der Waals surface area contributed by atoms with Crippen molar-refractivity contribution in [2.45, 2.75) is 56.0 Å². The van der Waals surface area contributed by atoms with Gasteiger partial charge in [0.05, 0.1) is 17.5 Å². The standard InChI is InChI=1S/C65H52N2/c1-3-16-45(17-4-1)46-30-36-51(37-31-46)66(54-42-43-59-58-25-11-14-28-62(58)65(63(59)44-54)60-26-12-9-23-56(60)57-24-10-13-27-61(57)65)52-38-32-47(33-39-52)48-34-40-53(41-35-48)67(50-20-5-2-6-21-50)64-29-15-19-49-18-7-8-22-55(49)64/h1-6,8-17,19-20,22-28,30-32,34-38,40-44,50,64H,7,18,21,29,33,39H2. The number of hydrogen-bond acceptors (Lipinski definition) is 2. The van der Waals surface area contributed by atoms with Gasteiger partial charge in [-0.15, -0.1) is 0 Å². The average Bonchev–Trinajstić information content (AvgIpc) is 3.87. The molecule has 0 fully saturated rings. The second-order valence-corrected chi connectivity index (χ2v) is 18.9. The van der Waals surface area contributed by atoms with Gasteiger partial charge in [-0.2, -0.15) is 0 Å². The van der Waals surface area contributed by atoms with Gasteiger partial charge in [0.15, 0.2) is 0 Å². The molecule has 67 heavy (non-hydrogen) atoms. The molecule has 13 rings (SSSR count). The summed E-state index contributed by atoms with van der Waals surface area (Å²) in [4.78, 5) is 5.22. The van der Waals surface area contributed by atoms with E-state index < -0.39 is 5.41 Å². The zero-order valence-corrected chi connectivity index (χ0v) is 37.7. The van der Waals surface area contributed by atoms with Crippen LogP contribution in [-0.2, 0) is 5.41 Å². The third-order valence-corrected chi connectivity index (χ3v) is 15.4. The van der Waals surface area contributed by atoms with Crippen LogP contribution in [0.5, 0.6) is 0 Å². The van der Waals surface area contributed by atoms with E-state index in [1.165, 1.54) is 101 Å². The van der Waals surface area contributed by atoms with Gasteiger partial charge < -0.3 is 9.80 Å². The Morgan fingerprint density at radius 3 is 1.75 bits per heavy atom. The fourth-order valence-corrected chi connectivity index (χ4v) is 12.3. The maximum atomic E-state index is 2.69. The molecule has 2 atom stereocenters. The predicted molar refractivity (Wildman–Crippen MR) is 281 cm³/mol. The average molecular weight is 861 g/mol. The molecule has 0 saturated carbocycles. The number of hydrogen-bond donors (Lipinski definition) is 0. The summed E-state index contributed by atoms with van der Waals surface area (Å²) in [6.07, 6.45) is 29.6. The molecule has 7 aromatic carbocycles. The zero-order chi connectivity index (χ0) is 44.3. The number of anilines is 3. The van der Waals surface area contributed by atoms with E-state index in [2.05, 4.69) is 240 Å². The Morgan fingerprint density at radius 1 is 0.448 bits per heavy atom. The molecule has 0 aromatic heterocycles. The highest BCUT2D eigenvalue weighted by Gasteiger charge is 2.51. The number of nitrogens with zero attached hydrogens (tertiary/aromatic N) is 2. The van der Waals surface area contributed by atoms with Crippen molar-refractivity contribution in [3.05, 3.63) is 275 Å². The minimum absolute atomic E-state index is 0.324. The molecule has 2 nitrogen and oxygen atoms in total. The van der Waals surface area contributed by atoms with Crippen molar-refractivity contribution in [3.8, 4) is 33.4 Å². The largest absolute Gasteiger partial charge is 0.357 e. The first-order chi connectivity index (χ1) is 33.2. The van der Waals surface area contributed by atoms with Crippen molar-refractivity contribution in [2.24, 2.45) is 0 Å². The first-order valence-electron chi connectivity index (χ1n) is 24.3. The molecule has 6 aliphatic rings. The molecule has 2 heteroatoms. The van der Waals surface area contributed by atoms with E-state index in [4.69, 9.17) is 0 Å². The SMILES string of the molecule is C1=CCC(N(c2ccc(C3=CC=C(N(c4ccc(-c5ccccc5)cc4)c4ccc5c(c4)C4(c6ccccc6-c6ccccc64)c4ccccc4-5)CC3)cc2)C2CC=CC3=C2C=CCC3)C=C1. The van der Waals surface area contributed by atoms with Gasteiger partial charge in [0.2, 0.25) is 0 Å². The van der Waals surface area contributed by atoms with E-state index in [-0.39, 0.29) is 0 Å². The van der Waals surface area contributed by atoms with Crippen molar-refractivity contribution in [3.63, 3.8) is 0 Å². The van der Waals surface area contributed by atoms with Crippen molar-refractivity contribution in [1.29, 1.82) is 0 Å². The van der Waals surface area contributed by atoms with E-state index in [9.17, 15) is 0 Å². The summed E-state index contributed by atoms with van der Waals surface area (Å²) >= 11 is 0. The topological polar surface area (TPSA) is 6.48 Å². The summed E-state index contributed by atoms with van der Waals surface area (Å²) in [5, 5.41) is 0. The van der Waals surface area contributed by atoms with Crippen LogP contribution in [0.25, 0.3) is 39.0 Å². The molecule has 0 bridgehead atoms. The van der Waals surface area contributed by atoms with Crippen molar-refractivity contribution in [1.82, 2.24) is 0 Å². The monoisotopic (exact) mass is 860 g/mol. The fourth-order valence-electron chi connectivity index (χ4n) is 12.3. The van der Waals surface area contributed by atoms with Gasteiger partial charge in [-0.3, -0.25) is 0 Å². The number of rotatable bonds is 8. The smallest absolute Gasteiger partial charge is 0.0726 e. The van der Waals surface area contributed by atoms with Gasteiger partial charge >= 0.3 is 0 Å². The van der Waals surface area contributed by atoms with E-state index >= 15 is 0 Å². The summed E-state index contributed by atoms with van der Waals surface area (Å²) < 4.78 is 0. The second-order valence-electron chi connectivity index (χ2n) is 18.9. The molecular formula is C65H52N2. The minimum Gasteiger partial charge on any atom is -0.357 e. The van der Waals surface area contributed by atoms with Crippen molar-refractivity contribution < 1.29 is 0 Å².